The van der Waals surface area contributed by atoms with E-state index in [0.29, 0.717) is 5.82 Å². The van der Waals surface area contributed by atoms with Crippen LogP contribution in [0, 0.1) is 6.92 Å². The van der Waals surface area contributed by atoms with E-state index in [4.69, 9.17) is 0 Å². The summed E-state index contributed by atoms with van der Waals surface area (Å²) >= 11 is 1.60. The topological polar surface area (TPSA) is 66.5 Å². The maximum atomic E-state index is 4.39. The number of aryl methyl sites for hydroxylation is 1. The Morgan fingerprint density at radius 2 is 2.15 bits per heavy atom. The quantitative estimate of drug-likeness (QED) is 0.771. The first-order chi connectivity index (χ1) is 9.74. The van der Waals surface area contributed by atoms with Crippen LogP contribution < -0.4 is 5.32 Å². The molecule has 0 radical (unpaired) electrons. The minimum absolute atomic E-state index is 0.141. The lowest BCUT2D eigenvalue weighted by Gasteiger charge is -2.15. The minimum atomic E-state index is 0.141. The first-order valence-corrected chi connectivity index (χ1v) is 7.31. The lowest BCUT2D eigenvalue weighted by atomic mass is 10.1. The monoisotopic (exact) mass is 285 g/mol. The smallest absolute Gasteiger partial charge is 0.183 e. The Kier molecular flexibility index (Phi) is 3.47. The molecule has 0 bridgehead atoms. The minimum Gasteiger partial charge on any atom is -0.376 e. The van der Waals surface area contributed by atoms with Gasteiger partial charge in [-0.25, -0.2) is 9.97 Å². The molecule has 20 heavy (non-hydrogen) atoms. The van der Waals surface area contributed by atoms with Gasteiger partial charge in [0.2, 0.25) is 0 Å². The number of nitrogens with zero attached hydrogens (tertiary/aromatic N) is 3. The van der Waals surface area contributed by atoms with E-state index in [0.717, 1.165) is 22.8 Å². The van der Waals surface area contributed by atoms with Gasteiger partial charge in [0.25, 0.3) is 0 Å². The fourth-order valence-electron chi connectivity index (χ4n) is 2.01. The molecule has 0 saturated carbocycles. The molecule has 5 nitrogen and oxygen atoms in total. The number of benzene rings is 1. The molecule has 0 spiro atoms. The number of thiazole rings is 1. The molecule has 0 fully saturated rings. The van der Waals surface area contributed by atoms with Gasteiger partial charge >= 0.3 is 0 Å². The molecule has 2 aromatic heterocycles. The van der Waals surface area contributed by atoms with E-state index in [9.17, 15) is 0 Å². The standard InChI is InChI=1S/C14H15N5S/c1-9(13-7-20-8-15-13)16-12-6-4-3-5-11(12)14-17-10(2)18-19-14/h3-9,16H,1-2H3,(H,17,18,19). The third kappa shape index (κ3) is 2.55. The molecule has 6 heteroatoms. The van der Waals surface area contributed by atoms with E-state index in [2.05, 4.69) is 37.8 Å². The molecule has 1 unspecified atom stereocenters. The van der Waals surface area contributed by atoms with Gasteiger partial charge in [-0.05, 0) is 26.0 Å². The lowest BCUT2D eigenvalue weighted by Crippen LogP contribution is -2.07. The fourth-order valence-corrected chi connectivity index (χ4v) is 2.66. The van der Waals surface area contributed by atoms with Gasteiger partial charge in [-0.15, -0.1) is 11.3 Å². The summed E-state index contributed by atoms with van der Waals surface area (Å²) in [6, 6.07) is 8.17. The number of para-hydroxylation sites is 1. The molecule has 2 N–H and O–H groups in total. The predicted molar refractivity (Wildman–Crippen MR) is 80.7 cm³/mol. The van der Waals surface area contributed by atoms with Crippen molar-refractivity contribution < 1.29 is 0 Å². The molecular formula is C14H15N5S. The number of hydrogen-bond donors (Lipinski definition) is 2. The number of rotatable bonds is 4. The van der Waals surface area contributed by atoms with Crippen LogP contribution in [0.1, 0.15) is 24.5 Å². The molecule has 1 aromatic carbocycles. The first-order valence-electron chi connectivity index (χ1n) is 6.37. The summed E-state index contributed by atoms with van der Waals surface area (Å²) in [6.45, 7) is 3.99. The van der Waals surface area contributed by atoms with Crippen LogP contribution >= 0.6 is 11.3 Å². The lowest BCUT2D eigenvalue weighted by molar-refractivity contribution is 0.850. The fraction of sp³-hybridized carbons (Fsp3) is 0.214. The van der Waals surface area contributed by atoms with Crippen molar-refractivity contribution in [2.75, 3.05) is 5.32 Å². The van der Waals surface area contributed by atoms with Crippen molar-refractivity contribution in [3.05, 3.63) is 46.7 Å². The highest BCUT2D eigenvalue weighted by Gasteiger charge is 2.13. The van der Waals surface area contributed by atoms with E-state index >= 15 is 0 Å². The Bertz CT molecular complexity index is 689. The Labute approximate surface area is 121 Å². The summed E-state index contributed by atoms with van der Waals surface area (Å²) in [4.78, 5) is 8.73. The first kappa shape index (κ1) is 12.8. The number of aromatic nitrogens is 4. The highest BCUT2D eigenvalue weighted by atomic mass is 32.1. The summed E-state index contributed by atoms with van der Waals surface area (Å²) in [5.41, 5.74) is 4.87. The van der Waals surface area contributed by atoms with Gasteiger partial charge in [0, 0.05) is 16.6 Å². The molecule has 2 heterocycles. The van der Waals surface area contributed by atoms with Crippen LogP contribution in [0.2, 0.25) is 0 Å². The third-order valence-electron chi connectivity index (χ3n) is 3.03. The van der Waals surface area contributed by atoms with Crippen molar-refractivity contribution in [2.24, 2.45) is 0 Å². The van der Waals surface area contributed by atoms with Crippen molar-refractivity contribution in [2.45, 2.75) is 19.9 Å². The SMILES string of the molecule is Cc1nc(-c2ccccc2NC(C)c2cscn2)n[nH]1. The predicted octanol–water partition coefficient (Wildman–Crippen LogP) is 3.41. The average Bonchev–Trinajstić information content (AvgIpc) is 3.10. The zero-order chi connectivity index (χ0) is 13.9. The summed E-state index contributed by atoms with van der Waals surface area (Å²) < 4.78 is 0. The summed E-state index contributed by atoms with van der Waals surface area (Å²) in [6.07, 6.45) is 0. The molecule has 102 valence electrons. The Hall–Kier alpha value is -2.21. The van der Waals surface area contributed by atoms with Crippen molar-refractivity contribution in [3.63, 3.8) is 0 Å². The number of hydrogen-bond acceptors (Lipinski definition) is 5. The molecule has 0 aliphatic heterocycles. The molecule has 3 aromatic rings. The van der Waals surface area contributed by atoms with E-state index in [1.807, 2.05) is 36.7 Å². The highest BCUT2D eigenvalue weighted by Crippen LogP contribution is 2.28. The molecule has 1 atom stereocenters. The molecular weight excluding hydrogens is 270 g/mol. The summed E-state index contributed by atoms with van der Waals surface area (Å²) in [5.74, 6) is 1.51. The second kappa shape index (κ2) is 5.42. The van der Waals surface area contributed by atoms with E-state index in [1.54, 1.807) is 11.3 Å². The van der Waals surface area contributed by atoms with Crippen molar-refractivity contribution >= 4 is 17.0 Å². The van der Waals surface area contributed by atoms with Crippen LogP contribution in [0.3, 0.4) is 0 Å². The Balaban J connectivity index is 1.90. The van der Waals surface area contributed by atoms with Gasteiger partial charge in [-0.3, -0.25) is 5.10 Å². The van der Waals surface area contributed by atoms with Crippen LogP contribution in [0.4, 0.5) is 5.69 Å². The van der Waals surface area contributed by atoms with Gasteiger partial charge in [-0.1, -0.05) is 12.1 Å². The van der Waals surface area contributed by atoms with Crippen molar-refractivity contribution in [3.8, 4) is 11.4 Å². The maximum Gasteiger partial charge on any atom is 0.183 e. The van der Waals surface area contributed by atoms with E-state index < -0.39 is 0 Å². The van der Waals surface area contributed by atoms with Crippen molar-refractivity contribution in [1.29, 1.82) is 0 Å². The van der Waals surface area contributed by atoms with Gasteiger partial charge in [0.15, 0.2) is 5.82 Å². The van der Waals surface area contributed by atoms with Crippen LogP contribution in [0.5, 0.6) is 0 Å². The van der Waals surface area contributed by atoms with Gasteiger partial charge in [0.05, 0.1) is 17.2 Å². The largest absolute Gasteiger partial charge is 0.376 e. The van der Waals surface area contributed by atoms with Gasteiger partial charge in [0.1, 0.15) is 5.82 Å². The average molecular weight is 285 g/mol. The van der Waals surface area contributed by atoms with Gasteiger partial charge in [-0.2, -0.15) is 5.10 Å². The molecule has 3 rings (SSSR count). The number of H-pyrrole nitrogens is 1. The van der Waals surface area contributed by atoms with Crippen LogP contribution in [-0.2, 0) is 0 Å². The number of aromatic amines is 1. The highest BCUT2D eigenvalue weighted by molar-refractivity contribution is 7.07. The Morgan fingerprint density at radius 3 is 2.85 bits per heavy atom. The molecule has 0 aliphatic rings. The maximum absolute atomic E-state index is 4.39. The second-order valence-electron chi connectivity index (χ2n) is 4.57. The second-order valence-corrected chi connectivity index (χ2v) is 5.29. The molecule has 0 aliphatic carbocycles. The zero-order valence-corrected chi connectivity index (χ0v) is 12.1. The molecule has 0 saturated heterocycles. The van der Waals surface area contributed by atoms with Crippen LogP contribution in [0.25, 0.3) is 11.4 Å². The van der Waals surface area contributed by atoms with E-state index in [-0.39, 0.29) is 6.04 Å². The Morgan fingerprint density at radius 1 is 1.30 bits per heavy atom. The summed E-state index contributed by atoms with van der Waals surface area (Å²) in [5, 5.41) is 12.6. The van der Waals surface area contributed by atoms with Gasteiger partial charge < -0.3 is 5.32 Å². The zero-order valence-electron chi connectivity index (χ0n) is 11.3. The number of anilines is 1. The summed E-state index contributed by atoms with van der Waals surface area (Å²) in [7, 11) is 0. The van der Waals surface area contributed by atoms with E-state index in [1.165, 1.54) is 0 Å². The van der Waals surface area contributed by atoms with Crippen LogP contribution in [-0.4, -0.2) is 20.2 Å². The number of nitrogens with one attached hydrogen (secondary N) is 2. The third-order valence-corrected chi connectivity index (χ3v) is 3.64. The molecule has 0 amide bonds. The normalized spacial score (nSPS) is 12.3. The van der Waals surface area contributed by atoms with Crippen molar-refractivity contribution in [1.82, 2.24) is 20.2 Å². The van der Waals surface area contributed by atoms with Crippen LogP contribution in [0.15, 0.2) is 35.2 Å².